The van der Waals surface area contributed by atoms with Crippen LogP contribution < -0.4 is 10.6 Å². The second-order valence-corrected chi connectivity index (χ2v) is 6.54. The van der Waals surface area contributed by atoms with E-state index in [1.165, 1.54) is 6.20 Å². The van der Waals surface area contributed by atoms with Gasteiger partial charge in [-0.15, -0.1) is 0 Å². The van der Waals surface area contributed by atoms with Crippen LogP contribution in [0, 0.1) is 5.92 Å². The van der Waals surface area contributed by atoms with Crippen LogP contribution in [0.25, 0.3) is 0 Å². The largest absolute Gasteiger partial charge is 0.389 e. The summed E-state index contributed by atoms with van der Waals surface area (Å²) in [4.78, 5) is 31.9. The van der Waals surface area contributed by atoms with Crippen molar-refractivity contribution in [2.45, 2.75) is 18.9 Å². The molecule has 1 aromatic rings. The van der Waals surface area contributed by atoms with Gasteiger partial charge in [-0.05, 0) is 25.0 Å². The number of rotatable bonds is 3. The van der Waals surface area contributed by atoms with Crippen molar-refractivity contribution >= 4 is 17.6 Å². The highest BCUT2D eigenvalue weighted by molar-refractivity contribution is 5.93. The molecule has 0 aromatic carbocycles. The Morgan fingerprint density at radius 3 is 2.72 bits per heavy atom. The number of nitrogens with two attached hydrogens (primary N) is 1. The molecule has 0 saturated carbocycles. The van der Waals surface area contributed by atoms with Gasteiger partial charge >= 0.3 is 0 Å². The summed E-state index contributed by atoms with van der Waals surface area (Å²) in [6.07, 6.45) is 2.32. The third-order valence-corrected chi connectivity index (χ3v) is 4.74. The zero-order valence-electron chi connectivity index (χ0n) is 14.1. The molecule has 2 aliphatic rings. The molecule has 3 heterocycles. The van der Waals surface area contributed by atoms with Crippen molar-refractivity contribution in [3.8, 4) is 0 Å². The average molecular weight is 348 g/mol. The Balaban J connectivity index is 1.69. The zero-order valence-corrected chi connectivity index (χ0v) is 14.1. The van der Waals surface area contributed by atoms with Crippen molar-refractivity contribution < 1.29 is 19.4 Å². The van der Waals surface area contributed by atoms with E-state index in [1.54, 1.807) is 17.0 Å². The standard InChI is InChI=1S/C17H24N4O4/c18-16(23)13-1-4-19-15(9-13)20-5-6-21(11-14(22)10-20)17(24)12-2-7-25-8-3-12/h1,4,9,12,14,22H,2-3,5-8,10-11H2,(H2,18,23)/t14-/m1/s1. The fourth-order valence-corrected chi connectivity index (χ4v) is 3.35. The normalized spacial score (nSPS) is 22.5. The summed E-state index contributed by atoms with van der Waals surface area (Å²) in [5.74, 6) is 0.123. The highest BCUT2D eigenvalue weighted by Crippen LogP contribution is 2.20. The third-order valence-electron chi connectivity index (χ3n) is 4.74. The lowest BCUT2D eigenvalue weighted by Gasteiger charge is -2.29. The van der Waals surface area contributed by atoms with Crippen LogP contribution >= 0.6 is 0 Å². The van der Waals surface area contributed by atoms with E-state index >= 15 is 0 Å². The molecule has 2 aliphatic heterocycles. The van der Waals surface area contributed by atoms with E-state index in [0.29, 0.717) is 50.8 Å². The number of pyridine rings is 1. The van der Waals surface area contributed by atoms with Crippen molar-refractivity contribution in [2.75, 3.05) is 44.3 Å². The van der Waals surface area contributed by atoms with Gasteiger partial charge in [0.15, 0.2) is 0 Å². The fraction of sp³-hybridized carbons (Fsp3) is 0.588. The van der Waals surface area contributed by atoms with E-state index in [9.17, 15) is 14.7 Å². The smallest absolute Gasteiger partial charge is 0.248 e. The predicted molar refractivity (Wildman–Crippen MR) is 91.1 cm³/mol. The van der Waals surface area contributed by atoms with E-state index in [2.05, 4.69) is 4.98 Å². The van der Waals surface area contributed by atoms with Crippen LogP contribution in [0.3, 0.4) is 0 Å². The molecule has 1 aromatic heterocycles. The lowest BCUT2D eigenvalue weighted by atomic mass is 9.98. The van der Waals surface area contributed by atoms with Crippen LogP contribution in [0.4, 0.5) is 5.82 Å². The van der Waals surface area contributed by atoms with Gasteiger partial charge in [-0.25, -0.2) is 4.98 Å². The van der Waals surface area contributed by atoms with Crippen LogP contribution in [-0.4, -0.2) is 72.3 Å². The number of β-amino-alcohol motifs (C(OH)–C–C–N with tert-alkyl or cyclic N) is 1. The minimum atomic E-state index is -0.676. The number of hydrogen-bond acceptors (Lipinski definition) is 6. The molecule has 8 nitrogen and oxygen atoms in total. The molecule has 0 aliphatic carbocycles. The highest BCUT2D eigenvalue weighted by atomic mass is 16.5. The minimum Gasteiger partial charge on any atom is -0.389 e. The van der Waals surface area contributed by atoms with Gasteiger partial charge in [-0.2, -0.15) is 0 Å². The van der Waals surface area contributed by atoms with Crippen LogP contribution in [0.2, 0.25) is 0 Å². The molecule has 3 rings (SSSR count). The molecule has 3 N–H and O–H groups in total. The summed E-state index contributed by atoms with van der Waals surface area (Å²) >= 11 is 0. The van der Waals surface area contributed by atoms with Gasteiger partial charge < -0.3 is 25.4 Å². The Hall–Kier alpha value is -2.19. The molecule has 0 bridgehead atoms. The van der Waals surface area contributed by atoms with Crippen LogP contribution in [0.15, 0.2) is 18.3 Å². The van der Waals surface area contributed by atoms with Crippen LogP contribution in [-0.2, 0) is 9.53 Å². The Morgan fingerprint density at radius 1 is 1.24 bits per heavy atom. The number of hydrogen-bond donors (Lipinski definition) is 2. The van der Waals surface area contributed by atoms with Crippen LogP contribution in [0.5, 0.6) is 0 Å². The van der Waals surface area contributed by atoms with Gasteiger partial charge in [0.1, 0.15) is 5.82 Å². The number of primary amides is 1. The second kappa shape index (κ2) is 7.79. The number of nitrogens with zero attached hydrogens (tertiary/aromatic N) is 3. The first-order chi connectivity index (χ1) is 12.0. The first-order valence-electron chi connectivity index (χ1n) is 8.60. The van der Waals surface area contributed by atoms with Gasteiger partial charge in [0.05, 0.1) is 6.10 Å². The maximum atomic E-state index is 12.7. The maximum absolute atomic E-state index is 12.7. The van der Waals surface area contributed by atoms with Crippen LogP contribution in [0.1, 0.15) is 23.2 Å². The quantitative estimate of drug-likeness (QED) is 0.770. The summed E-state index contributed by atoms with van der Waals surface area (Å²) in [7, 11) is 0. The lowest BCUT2D eigenvalue weighted by molar-refractivity contribution is -0.139. The van der Waals surface area contributed by atoms with Crippen molar-refractivity contribution in [3.63, 3.8) is 0 Å². The van der Waals surface area contributed by atoms with Gasteiger partial charge in [-0.3, -0.25) is 9.59 Å². The molecule has 1 atom stereocenters. The Morgan fingerprint density at radius 2 is 2.00 bits per heavy atom. The SMILES string of the molecule is NC(=O)c1ccnc(N2CCN(C(=O)C3CCOCC3)C[C@H](O)C2)c1. The van der Waals surface area contributed by atoms with E-state index in [1.807, 2.05) is 4.90 Å². The summed E-state index contributed by atoms with van der Waals surface area (Å²) in [5, 5.41) is 10.3. The predicted octanol–water partition coefficient (Wildman–Crippen LogP) is -0.383. The average Bonchev–Trinajstić information content (AvgIpc) is 2.83. The van der Waals surface area contributed by atoms with E-state index in [4.69, 9.17) is 10.5 Å². The fourth-order valence-electron chi connectivity index (χ4n) is 3.35. The first-order valence-corrected chi connectivity index (χ1v) is 8.60. The van der Waals surface area contributed by atoms with E-state index < -0.39 is 12.0 Å². The van der Waals surface area contributed by atoms with E-state index in [0.717, 1.165) is 12.8 Å². The number of carbonyl (C=O) groups excluding carboxylic acids is 2. The Kier molecular flexibility index (Phi) is 5.50. The summed E-state index contributed by atoms with van der Waals surface area (Å²) in [5.41, 5.74) is 5.69. The zero-order chi connectivity index (χ0) is 17.8. The molecule has 25 heavy (non-hydrogen) atoms. The number of aliphatic hydroxyl groups is 1. The summed E-state index contributed by atoms with van der Waals surface area (Å²) < 4.78 is 5.31. The van der Waals surface area contributed by atoms with Crippen molar-refractivity contribution in [1.29, 1.82) is 0 Å². The second-order valence-electron chi connectivity index (χ2n) is 6.54. The Bertz CT molecular complexity index is 633. The molecule has 0 radical (unpaired) electrons. The first kappa shape index (κ1) is 17.6. The number of carbonyl (C=O) groups is 2. The topological polar surface area (TPSA) is 109 Å². The molecule has 0 unspecified atom stereocenters. The highest BCUT2D eigenvalue weighted by Gasteiger charge is 2.30. The summed E-state index contributed by atoms with van der Waals surface area (Å²) in [6.45, 7) is 2.94. The number of aromatic nitrogens is 1. The monoisotopic (exact) mass is 348 g/mol. The molecule has 0 spiro atoms. The number of anilines is 1. The van der Waals surface area contributed by atoms with Gasteiger partial charge in [-0.1, -0.05) is 0 Å². The lowest BCUT2D eigenvalue weighted by Crippen LogP contribution is -2.42. The molecule has 2 amide bonds. The van der Waals surface area contributed by atoms with Gasteiger partial charge in [0.2, 0.25) is 11.8 Å². The third kappa shape index (κ3) is 4.26. The summed E-state index contributed by atoms with van der Waals surface area (Å²) in [6, 6.07) is 3.17. The van der Waals surface area contributed by atoms with Crippen molar-refractivity contribution in [2.24, 2.45) is 11.7 Å². The molecular formula is C17H24N4O4. The van der Waals surface area contributed by atoms with Crippen molar-refractivity contribution in [3.05, 3.63) is 23.9 Å². The number of amides is 2. The van der Waals surface area contributed by atoms with E-state index in [-0.39, 0.29) is 11.8 Å². The molecule has 2 saturated heterocycles. The molecule has 2 fully saturated rings. The molecule has 136 valence electrons. The molecular weight excluding hydrogens is 324 g/mol. The number of aliphatic hydroxyl groups excluding tert-OH is 1. The Labute approximate surface area is 146 Å². The molecule has 8 heteroatoms. The number of ether oxygens (including phenoxy) is 1. The minimum absolute atomic E-state index is 0.0242. The van der Waals surface area contributed by atoms with Gasteiger partial charge in [0.25, 0.3) is 0 Å². The maximum Gasteiger partial charge on any atom is 0.248 e. The van der Waals surface area contributed by atoms with Crippen molar-refractivity contribution in [1.82, 2.24) is 9.88 Å². The van der Waals surface area contributed by atoms with Gasteiger partial charge in [0, 0.05) is 57.1 Å².